The van der Waals surface area contributed by atoms with Crippen LogP contribution in [0.3, 0.4) is 0 Å². The Kier molecular flexibility index (Phi) is 7.33. The molecule has 7 aromatic rings. The van der Waals surface area contributed by atoms with Gasteiger partial charge < -0.3 is 9.73 Å². The fourth-order valence-corrected chi connectivity index (χ4v) is 9.21. The van der Waals surface area contributed by atoms with Gasteiger partial charge in [-0.05, 0) is 115 Å². The average Bonchev–Trinajstić information content (AvgIpc) is 3.72. The Hall–Kier alpha value is -6.38. The number of anilines is 1. The molecule has 2 nitrogen and oxygen atoms in total. The summed E-state index contributed by atoms with van der Waals surface area (Å²) >= 11 is 0. The zero-order chi connectivity index (χ0) is 35.5. The summed E-state index contributed by atoms with van der Waals surface area (Å²) in [5.41, 5.74) is 11.3. The maximum absolute atomic E-state index is 6.36. The van der Waals surface area contributed by atoms with Gasteiger partial charge in [0, 0.05) is 29.1 Å². The second kappa shape index (κ2) is 12.4. The quantitative estimate of drug-likeness (QED) is 0.188. The predicted molar refractivity (Wildman–Crippen MR) is 224 cm³/mol. The first-order valence-corrected chi connectivity index (χ1v) is 18.7. The van der Waals surface area contributed by atoms with Gasteiger partial charge >= 0.3 is 0 Å². The molecule has 6 aromatic carbocycles. The van der Waals surface area contributed by atoms with E-state index >= 15 is 0 Å². The number of benzene rings is 6. The molecule has 0 saturated heterocycles. The van der Waals surface area contributed by atoms with Crippen LogP contribution in [0.15, 0.2) is 144 Å². The summed E-state index contributed by atoms with van der Waals surface area (Å²) in [6.07, 6.45) is 20.3. The Labute approximate surface area is 309 Å². The fourth-order valence-electron chi connectivity index (χ4n) is 9.21. The first-order chi connectivity index (χ1) is 26.2. The van der Waals surface area contributed by atoms with E-state index in [2.05, 4.69) is 157 Å². The van der Waals surface area contributed by atoms with Crippen LogP contribution in [-0.2, 0) is 11.8 Å². The van der Waals surface area contributed by atoms with Gasteiger partial charge in [0.2, 0.25) is 0 Å². The maximum atomic E-state index is 6.36. The third-order valence-corrected chi connectivity index (χ3v) is 11.6. The van der Waals surface area contributed by atoms with Crippen molar-refractivity contribution in [1.82, 2.24) is 0 Å². The molecular weight excluding hydrogens is 643 g/mol. The van der Waals surface area contributed by atoms with Crippen LogP contribution >= 0.6 is 0 Å². The molecule has 1 aromatic heterocycles. The van der Waals surface area contributed by atoms with E-state index in [0.717, 1.165) is 52.5 Å². The van der Waals surface area contributed by atoms with E-state index < -0.39 is 5.41 Å². The summed E-state index contributed by atoms with van der Waals surface area (Å²) in [4.78, 5) is 0. The predicted octanol–water partition coefficient (Wildman–Crippen LogP) is 9.74. The first kappa shape index (κ1) is 31.4. The van der Waals surface area contributed by atoms with Crippen molar-refractivity contribution >= 4 is 63.3 Å². The monoisotopic (exact) mass is 681 g/mol. The molecule has 0 amide bonds. The molecule has 1 spiro atoms. The van der Waals surface area contributed by atoms with E-state index in [4.69, 9.17) is 11.0 Å². The highest BCUT2D eigenvalue weighted by Gasteiger charge is 2.45. The largest absolute Gasteiger partial charge is 0.460 e. The normalized spacial score (nSPS) is 19.1. The molecule has 1 atom stereocenters. The molecule has 0 radical (unpaired) electrons. The average molecular weight is 682 g/mol. The van der Waals surface area contributed by atoms with Crippen LogP contribution in [0.2, 0.25) is 0 Å². The molecule has 1 unspecified atom stereocenters. The standard InChI is InChI=1S/C51H39NO/c1-3-4-24-50-45(43-21-11-14-25-49(43)53-50)32-52-34-26-27-42-41-20-10-13-23-47(41)51(48(42)31-34)29-28-40-38-18-6-5-16-36(38)37-17-7-8-19-39(37)44(40)30-33(2)35-15-9-12-22-46(35)51/h3-13,15-24,26-28,30-32,52H,2,14,25,29H2,1H3/b4-3+,40-28-,44-30-,45-32-,50-24+. The zero-order valence-corrected chi connectivity index (χ0v) is 29.8. The van der Waals surface area contributed by atoms with E-state index in [-0.39, 0.29) is 0 Å². The van der Waals surface area contributed by atoms with E-state index in [1.807, 2.05) is 19.1 Å². The summed E-state index contributed by atoms with van der Waals surface area (Å²) in [6, 6.07) is 42.6. The molecule has 1 N–H and O–H groups in total. The van der Waals surface area contributed by atoms with Crippen molar-refractivity contribution in [3.05, 3.63) is 195 Å². The Morgan fingerprint density at radius 2 is 1.38 bits per heavy atom. The first-order valence-electron chi connectivity index (χ1n) is 18.7. The maximum Gasteiger partial charge on any atom is 0.136 e. The third kappa shape index (κ3) is 4.79. The highest BCUT2D eigenvalue weighted by atomic mass is 16.3. The van der Waals surface area contributed by atoms with Gasteiger partial charge in [0.1, 0.15) is 11.2 Å². The van der Waals surface area contributed by atoms with Gasteiger partial charge in [-0.25, -0.2) is 0 Å². The van der Waals surface area contributed by atoms with Crippen molar-refractivity contribution in [2.75, 3.05) is 5.32 Å². The number of hydrogen-bond acceptors (Lipinski definition) is 2. The van der Waals surface area contributed by atoms with Crippen molar-refractivity contribution in [2.24, 2.45) is 0 Å². The lowest BCUT2D eigenvalue weighted by Crippen LogP contribution is -2.30. The molecule has 10 rings (SSSR count). The SMILES string of the molecule is C=C1/C=c2\c(c3ccccc3c3ccccc23)=C/CC2(c3ccccc31)c1ccccc1-c1ccc(N/C=c3/c4c(o/c3=C/C=C/C)CCC=C4)cc12. The van der Waals surface area contributed by atoms with Crippen LogP contribution in [0, 0.1) is 0 Å². The molecular formula is C51H39NO. The van der Waals surface area contributed by atoms with Gasteiger partial charge in [-0.2, -0.15) is 0 Å². The lowest BCUT2D eigenvalue weighted by Gasteiger charge is -2.34. The van der Waals surface area contributed by atoms with Crippen molar-refractivity contribution in [3.8, 4) is 11.1 Å². The Morgan fingerprint density at radius 1 is 0.717 bits per heavy atom. The smallest absolute Gasteiger partial charge is 0.136 e. The van der Waals surface area contributed by atoms with Crippen molar-refractivity contribution < 1.29 is 4.42 Å². The highest BCUT2D eigenvalue weighted by Crippen LogP contribution is 2.56. The highest BCUT2D eigenvalue weighted by molar-refractivity contribution is 6.09. The summed E-state index contributed by atoms with van der Waals surface area (Å²) in [6.45, 7) is 6.81. The van der Waals surface area contributed by atoms with E-state index in [0.29, 0.717) is 0 Å². The molecule has 0 aliphatic heterocycles. The molecule has 0 fully saturated rings. The Morgan fingerprint density at radius 3 is 2.15 bits per heavy atom. The van der Waals surface area contributed by atoms with Crippen LogP contribution < -0.4 is 26.4 Å². The van der Waals surface area contributed by atoms with Gasteiger partial charge in [-0.1, -0.05) is 140 Å². The fraction of sp³-hybridized carbons (Fsp3) is 0.0980. The molecule has 0 saturated carbocycles. The molecule has 1 heterocycles. The Bertz CT molecular complexity index is 2990. The van der Waals surface area contributed by atoms with Gasteiger partial charge in [0.15, 0.2) is 0 Å². The minimum absolute atomic E-state index is 0.451. The topological polar surface area (TPSA) is 25.2 Å². The van der Waals surface area contributed by atoms with E-state index in [1.165, 1.54) is 65.4 Å². The lowest BCUT2D eigenvalue weighted by atomic mass is 9.68. The van der Waals surface area contributed by atoms with Crippen molar-refractivity contribution in [1.29, 1.82) is 0 Å². The molecule has 53 heavy (non-hydrogen) atoms. The summed E-state index contributed by atoms with van der Waals surface area (Å²) in [7, 11) is 0. The van der Waals surface area contributed by atoms with Crippen LogP contribution in [0.5, 0.6) is 0 Å². The number of aryl methyl sites for hydroxylation is 1. The van der Waals surface area contributed by atoms with Crippen LogP contribution in [0.1, 0.15) is 53.3 Å². The second-order valence-corrected chi connectivity index (χ2v) is 14.4. The third-order valence-electron chi connectivity index (χ3n) is 11.6. The minimum atomic E-state index is -0.451. The lowest BCUT2D eigenvalue weighted by molar-refractivity contribution is 0.479. The summed E-state index contributed by atoms with van der Waals surface area (Å²) in [5, 5.41) is 12.4. The minimum Gasteiger partial charge on any atom is -0.460 e. The summed E-state index contributed by atoms with van der Waals surface area (Å²) in [5.74, 6) is 1.05. The van der Waals surface area contributed by atoms with Crippen LogP contribution in [0.4, 0.5) is 5.69 Å². The summed E-state index contributed by atoms with van der Waals surface area (Å²) < 4.78 is 6.36. The Balaban J connectivity index is 1.24. The van der Waals surface area contributed by atoms with Gasteiger partial charge in [-0.15, -0.1) is 0 Å². The molecule has 3 aliphatic carbocycles. The van der Waals surface area contributed by atoms with E-state index in [1.54, 1.807) is 0 Å². The van der Waals surface area contributed by atoms with Gasteiger partial charge in [-0.3, -0.25) is 0 Å². The molecule has 3 aliphatic rings. The van der Waals surface area contributed by atoms with Crippen LogP contribution in [-0.4, -0.2) is 0 Å². The molecule has 2 heteroatoms. The molecule has 0 bridgehead atoms. The van der Waals surface area contributed by atoms with E-state index in [9.17, 15) is 0 Å². The second-order valence-electron chi connectivity index (χ2n) is 14.4. The van der Waals surface area contributed by atoms with Gasteiger partial charge in [0.25, 0.3) is 0 Å². The van der Waals surface area contributed by atoms with Crippen molar-refractivity contribution in [2.45, 2.75) is 31.6 Å². The van der Waals surface area contributed by atoms with Gasteiger partial charge in [0.05, 0.1) is 5.41 Å². The number of furan rings is 1. The number of nitrogens with one attached hydrogen (secondary N) is 1. The zero-order valence-electron chi connectivity index (χ0n) is 29.8. The molecule has 254 valence electrons. The number of rotatable bonds is 3. The number of allylic oxidation sites excluding steroid dienone is 4. The van der Waals surface area contributed by atoms with Crippen molar-refractivity contribution in [3.63, 3.8) is 0 Å². The van der Waals surface area contributed by atoms with Crippen LogP contribution in [0.25, 0.3) is 68.7 Å². The number of hydrogen-bond donors (Lipinski definition) is 1. The number of fused-ring (bicyclic) bond motifs is 14.